The molecular weight excluding hydrogens is 232 g/mol. The third-order valence-electron chi connectivity index (χ3n) is 3.31. The lowest BCUT2D eigenvalue weighted by atomic mass is 10.2. The fourth-order valence-electron chi connectivity index (χ4n) is 2.23. The van der Waals surface area contributed by atoms with Crippen LogP contribution in [0.5, 0.6) is 0 Å². The Bertz CT molecular complexity index is 284. The zero-order chi connectivity index (χ0) is 13.5. The smallest absolute Gasteiger partial charge is 0.320 e. The van der Waals surface area contributed by atoms with Crippen molar-refractivity contribution in [2.24, 2.45) is 0 Å². The molecule has 0 aliphatic carbocycles. The first-order chi connectivity index (χ1) is 8.52. The Morgan fingerprint density at radius 2 is 1.72 bits per heavy atom. The van der Waals surface area contributed by atoms with Crippen LogP contribution in [0.2, 0.25) is 0 Å². The highest BCUT2D eigenvalue weighted by Gasteiger charge is 2.24. The molecule has 1 saturated heterocycles. The van der Waals surface area contributed by atoms with E-state index in [9.17, 15) is 9.59 Å². The maximum Gasteiger partial charge on any atom is 0.320 e. The summed E-state index contributed by atoms with van der Waals surface area (Å²) in [7, 11) is 0. The van der Waals surface area contributed by atoms with Gasteiger partial charge in [0.2, 0.25) is 0 Å². The summed E-state index contributed by atoms with van der Waals surface area (Å²) in [5, 5.41) is 8.73. The van der Waals surface area contributed by atoms with Crippen molar-refractivity contribution in [1.29, 1.82) is 0 Å². The number of hydrogen-bond donors (Lipinski definition) is 1. The average molecular weight is 256 g/mol. The van der Waals surface area contributed by atoms with E-state index in [2.05, 4.69) is 0 Å². The minimum atomic E-state index is -0.857. The lowest BCUT2D eigenvalue weighted by Crippen LogP contribution is -2.47. The molecule has 5 nitrogen and oxygen atoms in total. The number of rotatable bonds is 4. The second-order valence-electron chi connectivity index (χ2n) is 5.11. The third kappa shape index (κ3) is 4.55. The SMILES string of the molecule is CC(C)N(CCC(=O)O)C(=O)N1CCCCCC1. The quantitative estimate of drug-likeness (QED) is 0.838. The van der Waals surface area contributed by atoms with Gasteiger partial charge in [-0.3, -0.25) is 4.79 Å². The van der Waals surface area contributed by atoms with E-state index in [0.717, 1.165) is 25.9 Å². The molecule has 0 aromatic carbocycles. The molecule has 0 radical (unpaired) electrons. The van der Waals surface area contributed by atoms with Crippen molar-refractivity contribution in [3.05, 3.63) is 0 Å². The van der Waals surface area contributed by atoms with Crippen LogP contribution in [0.15, 0.2) is 0 Å². The van der Waals surface area contributed by atoms with Gasteiger partial charge in [0, 0.05) is 25.7 Å². The molecule has 0 atom stereocenters. The largest absolute Gasteiger partial charge is 0.481 e. The molecule has 104 valence electrons. The average Bonchev–Trinajstić information content (AvgIpc) is 2.56. The highest BCUT2D eigenvalue weighted by atomic mass is 16.4. The molecular formula is C13H24N2O3. The Morgan fingerprint density at radius 1 is 1.17 bits per heavy atom. The van der Waals surface area contributed by atoms with Gasteiger partial charge in [-0.2, -0.15) is 0 Å². The fraction of sp³-hybridized carbons (Fsp3) is 0.846. The van der Waals surface area contributed by atoms with Crippen LogP contribution in [0, 0.1) is 0 Å². The number of carbonyl (C=O) groups excluding carboxylic acids is 1. The van der Waals surface area contributed by atoms with Gasteiger partial charge in [-0.15, -0.1) is 0 Å². The van der Waals surface area contributed by atoms with Gasteiger partial charge >= 0.3 is 12.0 Å². The van der Waals surface area contributed by atoms with Crippen molar-refractivity contribution in [2.75, 3.05) is 19.6 Å². The predicted octanol–water partition coefficient (Wildman–Crippen LogP) is 2.17. The Balaban J connectivity index is 2.59. The second-order valence-corrected chi connectivity index (χ2v) is 5.11. The van der Waals surface area contributed by atoms with E-state index in [-0.39, 0.29) is 18.5 Å². The van der Waals surface area contributed by atoms with Gasteiger partial charge in [0.1, 0.15) is 0 Å². The van der Waals surface area contributed by atoms with Gasteiger partial charge in [-0.05, 0) is 26.7 Å². The van der Waals surface area contributed by atoms with Crippen molar-refractivity contribution in [2.45, 2.75) is 52.0 Å². The number of aliphatic carboxylic acids is 1. The van der Waals surface area contributed by atoms with Gasteiger partial charge in [0.05, 0.1) is 6.42 Å². The maximum atomic E-state index is 12.4. The summed E-state index contributed by atoms with van der Waals surface area (Å²) in [5.41, 5.74) is 0. The van der Waals surface area contributed by atoms with Gasteiger partial charge < -0.3 is 14.9 Å². The lowest BCUT2D eigenvalue weighted by molar-refractivity contribution is -0.137. The Morgan fingerprint density at radius 3 is 2.17 bits per heavy atom. The molecule has 18 heavy (non-hydrogen) atoms. The maximum absolute atomic E-state index is 12.4. The Labute approximate surface area is 109 Å². The fourth-order valence-corrected chi connectivity index (χ4v) is 2.23. The van der Waals surface area contributed by atoms with Crippen LogP contribution >= 0.6 is 0 Å². The summed E-state index contributed by atoms with van der Waals surface area (Å²) >= 11 is 0. The van der Waals surface area contributed by atoms with Crippen LogP contribution in [-0.4, -0.2) is 52.6 Å². The summed E-state index contributed by atoms with van der Waals surface area (Å²) in [6.07, 6.45) is 4.48. The minimum Gasteiger partial charge on any atom is -0.481 e. The van der Waals surface area contributed by atoms with Crippen LogP contribution in [0.3, 0.4) is 0 Å². The van der Waals surface area contributed by atoms with E-state index in [1.54, 1.807) is 4.90 Å². The third-order valence-corrected chi connectivity index (χ3v) is 3.31. The number of carboxylic acid groups (broad SMARTS) is 1. The van der Waals surface area contributed by atoms with E-state index in [1.165, 1.54) is 12.8 Å². The topological polar surface area (TPSA) is 60.9 Å². The van der Waals surface area contributed by atoms with Crippen molar-refractivity contribution in [3.63, 3.8) is 0 Å². The number of hydrogen-bond acceptors (Lipinski definition) is 2. The number of urea groups is 1. The first kappa shape index (κ1) is 14.8. The van der Waals surface area contributed by atoms with E-state index in [4.69, 9.17) is 5.11 Å². The minimum absolute atomic E-state index is 0.00634. The molecule has 1 aliphatic heterocycles. The van der Waals surface area contributed by atoms with Gasteiger partial charge in [-0.25, -0.2) is 4.79 Å². The molecule has 0 spiro atoms. The van der Waals surface area contributed by atoms with Crippen LogP contribution in [0.4, 0.5) is 4.79 Å². The molecule has 0 saturated carbocycles. The Kier molecular flexibility index (Phi) is 5.95. The number of carboxylic acids is 1. The normalized spacial score (nSPS) is 16.5. The first-order valence-electron chi connectivity index (χ1n) is 6.79. The number of likely N-dealkylation sites (tertiary alicyclic amines) is 1. The van der Waals surface area contributed by atoms with E-state index in [0.29, 0.717) is 6.54 Å². The Hall–Kier alpha value is -1.26. The molecule has 1 rings (SSSR count). The van der Waals surface area contributed by atoms with Crippen LogP contribution in [0.1, 0.15) is 46.0 Å². The highest BCUT2D eigenvalue weighted by Crippen LogP contribution is 2.13. The van der Waals surface area contributed by atoms with Crippen molar-refractivity contribution >= 4 is 12.0 Å². The van der Waals surface area contributed by atoms with E-state index >= 15 is 0 Å². The summed E-state index contributed by atoms with van der Waals surface area (Å²) in [6.45, 7) is 5.75. The molecule has 0 bridgehead atoms. The van der Waals surface area contributed by atoms with E-state index < -0.39 is 5.97 Å². The van der Waals surface area contributed by atoms with Gasteiger partial charge in [-0.1, -0.05) is 12.8 Å². The van der Waals surface area contributed by atoms with Gasteiger partial charge in [0.25, 0.3) is 0 Å². The predicted molar refractivity (Wildman–Crippen MR) is 69.5 cm³/mol. The molecule has 1 N–H and O–H groups in total. The zero-order valence-electron chi connectivity index (χ0n) is 11.4. The molecule has 5 heteroatoms. The second kappa shape index (κ2) is 7.24. The molecule has 1 fully saturated rings. The molecule has 2 amide bonds. The molecule has 0 unspecified atom stereocenters. The van der Waals surface area contributed by atoms with Crippen molar-refractivity contribution < 1.29 is 14.7 Å². The standard InChI is InChI=1S/C13H24N2O3/c1-11(2)15(10-7-12(16)17)13(18)14-8-5-3-4-6-9-14/h11H,3-10H2,1-2H3,(H,16,17). The van der Waals surface area contributed by atoms with Crippen molar-refractivity contribution in [1.82, 2.24) is 9.80 Å². The summed E-state index contributed by atoms with van der Waals surface area (Å²) in [5.74, 6) is -0.857. The molecule has 1 aliphatic rings. The summed E-state index contributed by atoms with van der Waals surface area (Å²) in [6, 6.07) is 0.0354. The number of amides is 2. The zero-order valence-corrected chi connectivity index (χ0v) is 11.4. The monoisotopic (exact) mass is 256 g/mol. The lowest BCUT2D eigenvalue weighted by Gasteiger charge is -2.32. The van der Waals surface area contributed by atoms with Crippen molar-refractivity contribution in [3.8, 4) is 0 Å². The summed E-state index contributed by atoms with van der Waals surface area (Å²) < 4.78 is 0. The molecule has 0 aromatic rings. The summed E-state index contributed by atoms with van der Waals surface area (Å²) in [4.78, 5) is 26.5. The van der Waals surface area contributed by atoms with Crippen LogP contribution in [-0.2, 0) is 4.79 Å². The number of nitrogens with zero attached hydrogens (tertiary/aromatic N) is 2. The van der Waals surface area contributed by atoms with Crippen LogP contribution < -0.4 is 0 Å². The molecule has 1 heterocycles. The van der Waals surface area contributed by atoms with E-state index in [1.807, 2.05) is 18.7 Å². The van der Waals surface area contributed by atoms with Gasteiger partial charge in [0.15, 0.2) is 0 Å². The highest BCUT2D eigenvalue weighted by molar-refractivity contribution is 5.75. The first-order valence-corrected chi connectivity index (χ1v) is 6.79. The molecule has 0 aromatic heterocycles. The number of carbonyl (C=O) groups is 2. The van der Waals surface area contributed by atoms with Crippen LogP contribution in [0.25, 0.3) is 0 Å².